The number of anilines is 1. The van der Waals surface area contributed by atoms with Crippen LogP contribution in [-0.4, -0.2) is 43.6 Å². The Hall–Kier alpha value is -3.31. The van der Waals surface area contributed by atoms with Gasteiger partial charge in [0.1, 0.15) is 5.75 Å². The van der Waals surface area contributed by atoms with Crippen molar-refractivity contribution < 1.29 is 9.53 Å². The standard InChI is InChI=1S/C29H35N3O2/c1-2-34-28-15-9-8-10-24(28)16-17-29(33)30-22-25-11-6-7-12-26(25)23-31-18-20-32(21-19-31)27-13-4-3-5-14-27/h3-15H,2,16-23H2,1H3,(H,30,33). The molecule has 0 unspecified atom stereocenters. The number of carbonyl (C=O) groups excluding carboxylic acids is 1. The second kappa shape index (κ2) is 12.2. The first-order valence-corrected chi connectivity index (χ1v) is 12.3. The fraction of sp³-hybridized carbons (Fsp3) is 0.345. The zero-order chi connectivity index (χ0) is 23.6. The molecule has 3 aromatic carbocycles. The van der Waals surface area contributed by atoms with Gasteiger partial charge in [-0.2, -0.15) is 0 Å². The molecule has 4 rings (SSSR count). The number of para-hydroxylation sites is 2. The number of nitrogens with one attached hydrogen (secondary N) is 1. The smallest absolute Gasteiger partial charge is 0.220 e. The lowest BCUT2D eigenvalue weighted by atomic mass is 10.1. The van der Waals surface area contributed by atoms with Crippen LogP contribution in [0.3, 0.4) is 0 Å². The topological polar surface area (TPSA) is 44.8 Å². The molecule has 0 spiro atoms. The van der Waals surface area contributed by atoms with E-state index >= 15 is 0 Å². The summed E-state index contributed by atoms with van der Waals surface area (Å²) in [7, 11) is 0. The minimum Gasteiger partial charge on any atom is -0.494 e. The second-order valence-corrected chi connectivity index (χ2v) is 8.68. The predicted octanol–water partition coefficient (Wildman–Crippen LogP) is 4.66. The Morgan fingerprint density at radius 2 is 1.47 bits per heavy atom. The second-order valence-electron chi connectivity index (χ2n) is 8.68. The molecule has 1 aliphatic rings. The molecule has 34 heavy (non-hydrogen) atoms. The SMILES string of the molecule is CCOc1ccccc1CCC(=O)NCc1ccccc1CN1CCN(c2ccccc2)CC1. The average molecular weight is 458 g/mol. The largest absolute Gasteiger partial charge is 0.494 e. The molecule has 1 fully saturated rings. The zero-order valence-electron chi connectivity index (χ0n) is 20.1. The van der Waals surface area contributed by atoms with E-state index in [4.69, 9.17) is 4.74 Å². The lowest BCUT2D eigenvalue weighted by molar-refractivity contribution is -0.121. The number of benzene rings is 3. The summed E-state index contributed by atoms with van der Waals surface area (Å²) in [5.41, 5.74) is 4.86. The molecule has 1 amide bonds. The molecule has 5 nitrogen and oxygen atoms in total. The van der Waals surface area contributed by atoms with Crippen LogP contribution >= 0.6 is 0 Å². The Morgan fingerprint density at radius 1 is 0.824 bits per heavy atom. The molecule has 1 N–H and O–H groups in total. The summed E-state index contributed by atoms with van der Waals surface area (Å²) in [4.78, 5) is 17.5. The molecule has 1 heterocycles. The van der Waals surface area contributed by atoms with E-state index in [0.29, 0.717) is 26.0 Å². The lowest BCUT2D eigenvalue weighted by Crippen LogP contribution is -2.46. The van der Waals surface area contributed by atoms with Gasteiger partial charge in [-0.25, -0.2) is 0 Å². The van der Waals surface area contributed by atoms with Gasteiger partial charge < -0.3 is 15.0 Å². The van der Waals surface area contributed by atoms with Crippen LogP contribution in [0.15, 0.2) is 78.9 Å². The van der Waals surface area contributed by atoms with Gasteiger partial charge in [-0.3, -0.25) is 9.69 Å². The number of aryl methyl sites for hydroxylation is 1. The van der Waals surface area contributed by atoms with Crippen LogP contribution in [0.5, 0.6) is 5.75 Å². The molecule has 1 aliphatic heterocycles. The molecule has 0 aliphatic carbocycles. The molecule has 3 aromatic rings. The number of hydrogen-bond donors (Lipinski definition) is 1. The highest BCUT2D eigenvalue weighted by Gasteiger charge is 2.18. The predicted molar refractivity (Wildman–Crippen MR) is 138 cm³/mol. The quantitative estimate of drug-likeness (QED) is 0.481. The highest BCUT2D eigenvalue weighted by molar-refractivity contribution is 5.76. The van der Waals surface area contributed by atoms with Gasteiger partial charge in [-0.05, 0) is 48.2 Å². The molecule has 0 bridgehead atoms. The maximum atomic E-state index is 12.6. The van der Waals surface area contributed by atoms with Crippen molar-refractivity contribution in [2.75, 3.05) is 37.7 Å². The van der Waals surface area contributed by atoms with Gasteiger partial charge >= 0.3 is 0 Å². The number of ether oxygens (including phenoxy) is 1. The first-order chi connectivity index (χ1) is 16.7. The van der Waals surface area contributed by atoms with Crippen LogP contribution in [0.2, 0.25) is 0 Å². The minimum absolute atomic E-state index is 0.0672. The van der Waals surface area contributed by atoms with Crippen molar-refractivity contribution in [2.45, 2.75) is 32.9 Å². The van der Waals surface area contributed by atoms with Crippen LogP contribution in [0.25, 0.3) is 0 Å². The zero-order valence-corrected chi connectivity index (χ0v) is 20.1. The van der Waals surface area contributed by atoms with E-state index in [-0.39, 0.29) is 5.91 Å². The third-order valence-corrected chi connectivity index (χ3v) is 6.38. The van der Waals surface area contributed by atoms with Gasteiger partial charge in [-0.15, -0.1) is 0 Å². The molecular formula is C29H35N3O2. The van der Waals surface area contributed by atoms with Gasteiger partial charge in [0, 0.05) is 51.4 Å². The lowest BCUT2D eigenvalue weighted by Gasteiger charge is -2.36. The van der Waals surface area contributed by atoms with E-state index in [1.165, 1.54) is 16.8 Å². The Labute approximate surface area is 203 Å². The van der Waals surface area contributed by atoms with Crippen molar-refractivity contribution in [2.24, 2.45) is 0 Å². The van der Waals surface area contributed by atoms with E-state index in [9.17, 15) is 4.79 Å². The first-order valence-electron chi connectivity index (χ1n) is 12.3. The number of nitrogens with zero attached hydrogens (tertiary/aromatic N) is 2. The molecule has 0 saturated carbocycles. The van der Waals surface area contributed by atoms with E-state index in [1.807, 2.05) is 31.2 Å². The maximum absolute atomic E-state index is 12.6. The number of hydrogen-bond acceptors (Lipinski definition) is 4. The van der Waals surface area contributed by atoms with E-state index < -0.39 is 0 Å². The number of carbonyl (C=O) groups is 1. The maximum Gasteiger partial charge on any atom is 0.220 e. The van der Waals surface area contributed by atoms with Crippen LogP contribution < -0.4 is 15.0 Å². The fourth-order valence-corrected chi connectivity index (χ4v) is 4.47. The summed E-state index contributed by atoms with van der Waals surface area (Å²) in [6, 6.07) is 27.0. The van der Waals surface area contributed by atoms with Gasteiger partial charge in [0.05, 0.1) is 6.61 Å². The van der Waals surface area contributed by atoms with E-state index in [1.54, 1.807) is 0 Å². The van der Waals surface area contributed by atoms with Gasteiger partial charge in [0.2, 0.25) is 5.91 Å². The summed E-state index contributed by atoms with van der Waals surface area (Å²) in [5, 5.41) is 3.12. The fourth-order valence-electron chi connectivity index (χ4n) is 4.47. The highest BCUT2D eigenvalue weighted by atomic mass is 16.5. The molecule has 0 radical (unpaired) electrons. The van der Waals surface area contributed by atoms with Crippen molar-refractivity contribution in [1.29, 1.82) is 0 Å². The molecule has 0 aromatic heterocycles. The Bertz CT molecular complexity index is 1050. The molecule has 1 saturated heterocycles. The Balaban J connectivity index is 1.26. The molecule has 5 heteroatoms. The van der Waals surface area contributed by atoms with Crippen LogP contribution in [0.1, 0.15) is 30.0 Å². The van der Waals surface area contributed by atoms with Crippen molar-refractivity contribution in [1.82, 2.24) is 10.2 Å². The van der Waals surface area contributed by atoms with Crippen molar-refractivity contribution >= 4 is 11.6 Å². The Kier molecular flexibility index (Phi) is 8.58. The average Bonchev–Trinajstić information content (AvgIpc) is 2.89. The number of amides is 1. The number of piperazine rings is 1. The third kappa shape index (κ3) is 6.61. The summed E-state index contributed by atoms with van der Waals surface area (Å²) >= 11 is 0. The summed E-state index contributed by atoms with van der Waals surface area (Å²) in [6.07, 6.45) is 1.13. The normalized spacial score (nSPS) is 14.1. The van der Waals surface area contributed by atoms with E-state index in [0.717, 1.165) is 44.0 Å². The van der Waals surface area contributed by atoms with Crippen LogP contribution in [-0.2, 0) is 24.3 Å². The Morgan fingerprint density at radius 3 is 2.21 bits per heavy atom. The molecule has 178 valence electrons. The third-order valence-electron chi connectivity index (χ3n) is 6.38. The highest BCUT2D eigenvalue weighted by Crippen LogP contribution is 2.20. The van der Waals surface area contributed by atoms with Crippen molar-refractivity contribution in [3.8, 4) is 5.75 Å². The van der Waals surface area contributed by atoms with Gasteiger partial charge in [0.25, 0.3) is 0 Å². The summed E-state index contributed by atoms with van der Waals surface area (Å²) < 4.78 is 5.68. The van der Waals surface area contributed by atoms with E-state index in [2.05, 4.69) is 69.7 Å². The summed E-state index contributed by atoms with van der Waals surface area (Å²) in [5.74, 6) is 0.938. The van der Waals surface area contributed by atoms with Gasteiger partial charge in [-0.1, -0.05) is 60.7 Å². The van der Waals surface area contributed by atoms with Crippen molar-refractivity contribution in [3.05, 3.63) is 95.6 Å². The van der Waals surface area contributed by atoms with Gasteiger partial charge in [0.15, 0.2) is 0 Å². The van der Waals surface area contributed by atoms with Crippen LogP contribution in [0.4, 0.5) is 5.69 Å². The van der Waals surface area contributed by atoms with Crippen LogP contribution in [0, 0.1) is 0 Å². The summed E-state index contributed by atoms with van der Waals surface area (Å²) in [6.45, 7) is 8.22. The monoisotopic (exact) mass is 457 g/mol. The number of rotatable bonds is 10. The van der Waals surface area contributed by atoms with Crippen molar-refractivity contribution in [3.63, 3.8) is 0 Å². The first kappa shape index (κ1) is 23.8. The molecular weight excluding hydrogens is 422 g/mol. The minimum atomic E-state index is 0.0672. The molecule has 0 atom stereocenters.